The molecule has 0 aliphatic heterocycles. The molecule has 0 radical (unpaired) electrons. The fourth-order valence-corrected chi connectivity index (χ4v) is 3.22. The zero-order valence-corrected chi connectivity index (χ0v) is 14.7. The van der Waals surface area contributed by atoms with E-state index in [9.17, 15) is 0 Å². The van der Waals surface area contributed by atoms with Gasteiger partial charge in [-0.2, -0.15) is 0 Å². The predicted molar refractivity (Wildman–Crippen MR) is 89.1 cm³/mol. The molecule has 21 heavy (non-hydrogen) atoms. The molecule has 128 valence electrons. The highest BCUT2D eigenvalue weighted by Gasteiger charge is 2.22. The van der Waals surface area contributed by atoms with Crippen LogP contribution in [-0.4, -0.2) is 11.9 Å². The van der Waals surface area contributed by atoms with Crippen LogP contribution in [-0.2, 0) is 9.93 Å². The molecule has 0 spiro atoms. The normalized spacial score (nSPS) is 12.0. The van der Waals surface area contributed by atoms with Crippen LogP contribution in [0.1, 0.15) is 104 Å². The van der Waals surface area contributed by atoms with Crippen molar-refractivity contribution >= 4 is 0 Å². The first kappa shape index (κ1) is 20.9. The van der Waals surface area contributed by atoms with Gasteiger partial charge in [0.05, 0.1) is 6.61 Å². The van der Waals surface area contributed by atoms with E-state index in [1.807, 2.05) is 0 Å². The van der Waals surface area contributed by atoms with Crippen molar-refractivity contribution in [1.82, 2.24) is 0 Å². The van der Waals surface area contributed by atoms with E-state index in [2.05, 4.69) is 30.7 Å². The van der Waals surface area contributed by atoms with Gasteiger partial charge in [0, 0.05) is 0 Å². The number of unbranched alkanes of at least 4 members (excludes halogenated alkanes) is 8. The fraction of sp³-hybridized carbons (Fsp3) is 1.00. The largest absolute Gasteiger partial charge is 0.221 e. The van der Waals surface area contributed by atoms with Gasteiger partial charge < -0.3 is 0 Å². The molecule has 0 aromatic heterocycles. The highest BCUT2D eigenvalue weighted by atomic mass is 17.5. The Labute approximate surface area is 132 Å². The first-order chi connectivity index (χ1) is 10.2. The van der Waals surface area contributed by atoms with Gasteiger partial charge in [-0.3, -0.25) is 0 Å². The molecule has 1 N–H and O–H groups in total. The Bertz CT molecular complexity index is 194. The summed E-state index contributed by atoms with van der Waals surface area (Å²) < 4.78 is 0. The molecule has 0 aromatic rings. The molecule has 0 bridgehead atoms. The Hall–Kier alpha value is -0.120. The van der Waals surface area contributed by atoms with Crippen LogP contribution in [0.2, 0.25) is 0 Å². The SMILES string of the molecule is CCC(CC)(CC)CCCCCCCCCCCOOO. The molecule has 0 aliphatic rings. The second-order valence-electron chi connectivity index (χ2n) is 6.39. The van der Waals surface area contributed by atoms with Crippen LogP contribution in [0.15, 0.2) is 0 Å². The monoisotopic (exact) mass is 302 g/mol. The van der Waals surface area contributed by atoms with Gasteiger partial charge in [0.1, 0.15) is 0 Å². The third-order valence-electron chi connectivity index (χ3n) is 5.24. The second-order valence-corrected chi connectivity index (χ2v) is 6.39. The van der Waals surface area contributed by atoms with Gasteiger partial charge >= 0.3 is 0 Å². The summed E-state index contributed by atoms with van der Waals surface area (Å²) in [5.41, 5.74) is 0.625. The van der Waals surface area contributed by atoms with Crippen LogP contribution in [0, 0.1) is 5.41 Å². The lowest BCUT2D eigenvalue weighted by Gasteiger charge is -2.30. The van der Waals surface area contributed by atoms with E-state index in [0.29, 0.717) is 12.0 Å². The molecule has 0 heterocycles. The minimum atomic E-state index is 0.491. The topological polar surface area (TPSA) is 38.7 Å². The van der Waals surface area contributed by atoms with Crippen molar-refractivity contribution in [2.45, 2.75) is 104 Å². The second kappa shape index (κ2) is 14.8. The van der Waals surface area contributed by atoms with Crippen molar-refractivity contribution in [3.05, 3.63) is 0 Å². The molecule has 0 aliphatic carbocycles. The van der Waals surface area contributed by atoms with Crippen LogP contribution < -0.4 is 0 Å². The molecular weight excluding hydrogens is 264 g/mol. The van der Waals surface area contributed by atoms with E-state index < -0.39 is 0 Å². The third-order valence-corrected chi connectivity index (χ3v) is 5.24. The molecule has 0 rings (SSSR count). The van der Waals surface area contributed by atoms with Crippen molar-refractivity contribution in [2.24, 2.45) is 5.41 Å². The van der Waals surface area contributed by atoms with E-state index >= 15 is 0 Å². The van der Waals surface area contributed by atoms with Crippen LogP contribution in [0.25, 0.3) is 0 Å². The van der Waals surface area contributed by atoms with Crippen LogP contribution in [0.5, 0.6) is 0 Å². The van der Waals surface area contributed by atoms with Gasteiger partial charge in [0.2, 0.25) is 0 Å². The van der Waals surface area contributed by atoms with Gasteiger partial charge in [0.25, 0.3) is 0 Å². The highest BCUT2D eigenvalue weighted by molar-refractivity contribution is 4.74. The van der Waals surface area contributed by atoms with Crippen molar-refractivity contribution in [3.63, 3.8) is 0 Å². The van der Waals surface area contributed by atoms with Gasteiger partial charge in [-0.25, -0.2) is 10.1 Å². The first-order valence-electron chi connectivity index (χ1n) is 9.17. The average Bonchev–Trinajstić information content (AvgIpc) is 2.53. The average molecular weight is 302 g/mol. The lowest BCUT2D eigenvalue weighted by molar-refractivity contribution is -0.490. The van der Waals surface area contributed by atoms with Crippen LogP contribution in [0.4, 0.5) is 0 Å². The summed E-state index contributed by atoms with van der Waals surface area (Å²) in [6.45, 7) is 7.55. The summed E-state index contributed by atoms with van der Waals surface area (Å²) in [5, 5.41) is 11.6. The van der Waals surface area contributed by atoms with Crippen molar-refractivity contribution < 1.29 is 15.2 Å². The zero-order chi connectivity index (χ0) is 15.8. The molecule has 0 saturated heterocycles. The zero-order valence-electron chi connectivity index (χ0n) is 14.7. The quantitative estimate of drug-likeness (QED) is 0.200. The Kier molecular flexibility index (Phi) is 14.7. The molecule has 0 unspecified atom stereocenters. The summed E-state index contributed by atoms with van der Waals surface area (Å²) in [5.74, 6) is 0. The summed E-state index contributed by atoms with van der Waals surface area (Å²) >= 11 is 0. The van der Waals surface area contributed by atoms with E-state index in [-0.39, 0.29) is 0 Å². The van der Waals surface area contributed by atoms with Gasteiger partial charge in [-0.05, 0) is 18.3 Å². The minimum absolute atomic E-state index is 0.491. The smallest absolute Gasteiger partial charge is 0.0853 e. The van der Waals surface area contributed by atoms with Gasteiger partial charge in [0.15, 0.2) is 0 Å². The first-order valence-corrected chi connectivity index (χ1v) is 9.17. The predicted octanol–water partition coefficient (Wildman–Crippen LogP) is 6.53. The van der Waals surface area contributed by atoms with Gasteiger partial charge in [-0.1, -0.05) is 96.4 Å². The number of rotatable bonds is 16. The Balaban J connectivity index is 3.29. The van der Waals surface area contributed by atoms with Crippen molar-refractivity contribution in [2.75, 3.05) is 6.61 Å². The molecular formula is C18H38O3. The van der Waals surface area contributed by atoms with Crippen LogP contribution in [0.3, 0.4) is 0 Å². The maximum absolute atomic E-state index is 7.99. The van der Waals surface area contributed by atoms with Crippen molar-refractivity contribution in [1.29, 1.82) is 0 Å². The van der Waals surface area contributed by atoms with Crippen LogP contribution >= 0.6 is 0 Å². The molecule has 0 amide bonds. The molecule has 0 atom stereocenters. The van der Waals surface area contributed by atoms with Crippen molar-refractivity contribution in [3.8, 4) is 0 Å². The summed E-state index contributed by atoms with van der Waals surface area (Å²) in [6.07, 6.45) is 17.1. The lowest BCUT2D eigenvalue weighted by Crippen LogP contribution is -2.17. The molecule has 0 saturated carbocycles. The third kappa shape index (κ3) is 11.1. The van der Waals surface area contributed by atoms with E-state index in [1.165, 1.54) is 70.6 Å². The molecule has 3 nitrogen and oxygen atoms in total. The number of hydrogen-bond acceptors (Lipinski definition) is 3. The molecule has 0 fully saturated rings. The highest BCUT2D eigenvalue weighted by Crippen LogP contribution is 2.36. The maximum atomic E-state index is 7.99. The standard InChI is InChI=1S/C18H38O3/c1-4-18(5-2,6-3)16-14-12-10-8-7-9-11-13-15-17-20-21-19/h19H,4-17H2,1-3H3. The Morgan fingerprint density at radius 1 is 0.667 bits per heavy atom. The number of hydrogen-bond donors (Lipinski definition) is 1. The summed E-state index contributed by atoms with van der Waals surface area (Å²) in [6, 6.07) is 0. The van der Waals surface area contributed by atoms with Gasteiger partial charge in [-0.15, -0.1) is 0 Å². The summed E-state index contributed by atoms with van der Waals surface area (Å²) in [4.78, 5) is 4.42. The lowest BCUT2D eigenvalue weighted by atomic mass is 9.75. The van der Waals surface area contributed by atoms with E-state index in [1.54, 1.807) is 0 Å². The Morgan fingerprint density at radius 3 is 1.52 bits per heavy atom. The van der Waals surface area contributed by atoms with E-state index in [4.69, 9.17) is 5.26 Å². The Morgan fingerprint density at radius 2 is 1.10 bits per heavy atom. The van der Waals surface area contributed by atoms with E-state index in [0.717, 1.165) is 12.8 Å². The minimum Gasteiger partial charge on any atom is -0.221 e. The fourth-order valence-electron chi connectivity index (χ4n) is 3.22. The molecule has 0 aromatic carbocycles. The maximum Gasteiger partial charge on any atom is 0.0853 e. The molecule has 3 heteroatoms. The summed E-state index contributed by atoms with van der Waals surface area (Å²) in [7, 11) is 0.